The predicted octanol–water partition coefficient (Wildman–Crippen LogP) is 2.18. The van der Waals surface area contributed by atoms with Gasteiger partial charge in [0.25, 0.3) is 0 Å². The number of hydrogen-bond donors (Lipinski definition) is 2. The molecule has 0 aliphatic carbocycles. The average molecular weight is 290 g/mol. The van der Waals surface area contributed by atoms with E-state index in [1.54, 1.807) is 0 Å². The number of aliphatic hydroxyl groups excluding tert-OH is 1. The molecule has 1 rings (SSSR count). The zero-order chi connectivity index (χ0) is 13.2. The van der Waals surface area contributed by atoms with Crippen molar-refractivity contribution in [1.82, 2.24) is 0 Å². The molecule has 1 aromatic rings. The Balaban J connectivity index is 0.00000289. The van der Waals surface area contributed by atoms with Crippen LogP contribution in [0.3, 0.4) is 0 Å². The van der Waals surface area contributed by atoms with Gasteiger partial charge in [-0.3, -0.25) is 0 Å². The fourth-order valence-corrected chi connectivity index (χ4v) is 1.33. The molecule has 0 saturated heterocycles. The minimum Gasteiger partial charge on any atom is -0.496 e. The summed E-state index contributed by atoms with van der Waals surface area (Å²) in [7, 11) is 1.17. The van der Waals surface area contributed by atoms with E-state index >= 15 is 0 Å². The third kappa shape index (κ3) is 3.72. The molecular weight excluding hydrogens is 278 g/mol. The summed E-state index contributed by atoms with van der Waals surface area (Å²) >= 11 is 0. The zero-order valence-electron chi connectivity index (χ0n) is 9.24. The number of halogens is 5. The zero-order valence-corrected chi connectivity index (χ0v) is 10.1. The van der Waals surface area contributed by atoms with E-state index in [4.69, 9.17) is 15.6 Å². The lowest BCUT2D eigenvalue weighted by Gasteiger charge is -2.23. The van der Waals surface area contributed by atoms with E-state index in [2.05, 4.69) is 0 Å². The van der Waals surface area contributed by atoms with Gasteiger partial charge in [0.05, 0.1) is 13.2 Å². The Morgan fingerprint density at radius 2 is 1.89 bits per heavy atom. The van der Waals surface area contributed by atoms with Crippen LogP contribution in [-0.4, -0.2) is 24.5 Å². The van der Waals surface area contributed by atoms with Gasteiger partial charge >= 0.3 is 6.18 Å². The predicted molar refractivity (Wildman–Crippen MR) is 59.2 cm³/mol. The Bertz CT molecular complexity index is 400. The van der Waals surface area contributed by atoms with E-state index in [1.807, 2.05) is 0 Å². The van der Waals surface area contributed by atoms with Crippen LogP contribution in [0, 0.1) is 5.82 Å². The quantitative estimate of drug-likeness (QED) is 0.839. The maximum absolute atomic E-state index is 12.8. The molecule has 0 saturated carbocycles. The summed E-state index contributed by atoms with van der Waals surface area (Å²) in [6, 6.07) is 1.16. The maximum atomic E-state index is 12.8. The average Bonchev–Trinajstić information content (AvgIpc) is 2.25. The van der Waals surface area contributed by atoms with Crippen molar-refractivity contribution in [2.75, 3.05) is 7.11 Å². The molecule has 2 atom stereocenters. The van der Waals surface area contributed by atoms with Crippen LogP contribution < -0.4 is 10.5 Å². The van der Waals surface area contributed by atoms with Crippen molar-refractivity contribution in [2.24, 2.45) is 5.73 Å². The minimum atomic E-state index is -4.85. The molecule has 0 amide bonds. The van der Waals surface area contributed by atoms with Gasteiger partial charge in [0, 0.05) is 11.6 Å². The van der Waals surface area contributed by atoms with Gasteiger partial charge < -0.3 is 15.6 Å². The highest BCUT2D eigenvalue weighted by Gasteiger charge is 2.43. The number of methoxy groups -OCH3 is 1. The molecule has 0 aliphatic rings. The number of aliphatic hydroxyl groups is 1. The highest BCUT2D eigenvalue weighted by Crippen LogP contribution is 2.33. The second-order valence-corrected chi connectivity index (χ2v) is 3.40. The van der Waals surface area contributed by atoms with Gasteiger partial charge in [0.1, 0.15) is 11.6 Å². The molecule has 0 unspecified atom stereocenters. The molecular formula is C10H12ClF4NO2. The molecule has 0 spiro atoms. The highest BCUT2D eigenvalue weighted by atomic mass is 35.5. The summed E-state index contributed by atoms with van der Waals surface area (Å²) in [5, 5.41) is 9.00. The molecule has 0 heterocycles. The van der Waals surface area contributed by atoms with E-state index in [-0.39, 0.29) is 23.7 Å². The van der Waals surface area contributed by atoms with Crippen LogP contribution in [0.15, 0.2) is 18.2 Å². The smallest absolute Gasteiger partial charge is 0.416 e. The molecule has 3 nitrogen and oxygen atoms in total. The molecule has 0 radical (unpaired) electrons. The Morgan fingerprint density at radius 3 is 2.33 bits per heavy atom. The molecule has 0 fully saturated rings. The fourth-order valence-electron chi connectivity index (χ4n) is 1.33. The van der Waals surface area contributed by atoms with Crippen molar-refractivity contribution >= 4 is 12.4 Å². The summed E-state index contributed by atoms with van der Waals surface area (Å²) < 4.78 is 54.3. The summed E-state index contributed by atoms with van der Waals surface area (Å²) in [5.74, 6) is -0.805. The molecule has 18 heavy (non-hydrogen) atoms. The molecule has 0 aliphatic heterocycles. The van der Waals surface area contributed by atoms with E-state index in [1.165, 1.54) is 7.11 Å². The van der Waals surface area contributed by atoms with Crippen LogP contribution in [-0.2, 0) is 0 Å². The van der Waals surface area contributed by atoms with Crippen molar-refractivity contribution in [1.29, 1.82) is 0 Å². The van der Waals surface area contributed by atoms with Gasteiger partial charge in [-0.05, 0) is 6.07 Å². The third-order valence-electron chi connectivity index (χ3n) is 2.23. The van der Waals surface area contributed by atoms with Crippen LogP contribution in [0.5, 0.6) is 5.75 Å². The lowest BCUT2D eigenvalue weighted by atomic mass is 10.0. The van der Waals surface area contributed by atoms with Gasteiger partial charge in [-0.2, -0.15) is 13.2 Å². The summed E-state index contributed by atoms with van der Waals surface area (Å²) in [6.07, 6.45) is -7.58. The van der Waals surface area contributed by atoms with Crippen LogP contribution in [0.4, 0.5) is 17.6 Å². The van der Waals surface area contributed by atoms with E-state index < -0.39 is 24.1 Å². The monoisotopic (exact) mass is 289 g/mol. The normalized spacial score (nSPS) is 14.6. The van der Waals surface area contributed by atoms with Crippen molar-refractivity contribution < 1.29 is 27.4 Å². The lowest BCUT2D eigenvalue weighted by Crippen LogP contribution is -2.39. The number of hydrogen-bond acceptors (Lipinski definition) is 3. The van der Waals surface area contributed by atoms with Gasteiger partial charge in [0.2, 0.25) is 0 Å². The second kappa shape index (κ2) is 6.21. The summed E-state index contributed by atoms with van der Waals surface area (Å²) in [4.78, 5) is 0. The maximum Gasteiger partial charge on any atom is 0.416 e. The van der Waals surface area contributed by atoms with Crippen molar-refractivity contribution in [3.8, 4) is 5.75 Å². The molecule has 0 bridgehead atoms. The van der Waals surface area contributed by atoms with E-state index in [0.717, 1.165) is 18.2 Å². The van der Waals surface area contributed by atoms with Gasteiger partial charge in [-0.1, -0.05) is 6.07 Å². The Labute approximate surface area is 107 Å². The molecule has 3 N–H and O–H groups in total. The second-order valence-electron chi connectivity index (χ2n) is 3.40. The number of benzene rings is 1. The Morgan fingerprint density at radius 1 is 1.33 bits per heavy atom. The van der Waals surface area contributed by atoms with Crippen molar-refractivity contribution in [3.05, 3.63) is 29.6 Å². The first-order valence-corrected chi connectivity index (χ1v) is 4.61. The fraction of sp³-hybridized carbons (Fsp3) is 0.400. The van der Waals surface area contributed by atoms with Crippen LogP contribution in [0.25, 0.3) is 0 Å². The molecule has 104 valence electrons. The van der Waals surface area contributed by atoms with Crippen LogP contribution in [0.1, 0.15) is 11.6 Å². The third-order valence-corrected chi connectivity index (χ3v) is 2.23. The highest BCUT2D eigenvalue weighted by molar-refractivity contribution is 5.85. The van der Waals surface area contributed by atoms with Gasteiger partial charge in [0.15, 0.2) is 6.10 Å². The van der Waals surface area contributed by atoms with Gasteiger partial charge in [-0.15, -0.1) is 12.4 Å². The van der Waals surface area contributed by atoms with E-state index in [9.17, 15) is 17.6 Å². The molecule has 1 aromatic carbocycles. The van der Waals surface area contributed by atoms with Crippen molar-refractivity contribution in [2.45, 2.75) is 18.3 Å². The number of alkyl halides is 3. The number of nitrogens with two attached hydrogens (primary N) is 1. The first-order chi connectivity index (χ1) is 7.77. The minimum absolute atomic E-state index is 0. The van der Waals surface area contributed by atoms with E-state index in [0.29, 0.717) is 0 Å². The summed E-state index contributed by atoms with van der Waals surface area (Å²) in [6.45, 7) is 0. The Kier molecular flexibility index (Phi) is 5.85. The van der Waals surface area contributed by atoms with Crippen molar-refractivity contribution in [3.63, 3.8) is 0 Å². The first-order valence-electron chi connectivity index (χ1n) is 4.61. The largest absolute Gasteiger partial charge is 0.496 e. The number of ether oxygens (including phenoxy) is 1. The molecule has 8 heteroatoms. The summed E-state index contributed by atoms with van der Waals surface area (Å²) in [5.41, 5.74) is 5.17. The topological polar surface area (TPSA) is 55.5 Å². The standard InChI is InChI=1S/C10H11F4NO2.ClH/c1-17-7-4-5(11)2-3-6(7)8(15)9(16)10(12,13)14;/h2-4,8-9,16H,15H2,1H3;1H/t8-,9-;/m0./s1. The van der Waals surface area contributed by atoms with Gasteiger partial charge in [-0.25, -0.2) is 4.39 Å². The SMILES string of the molecule is COc1cc(F)ccc1[C@H](N)[C@H](O)C(F)(F)F.Cl. The Hall–Kier alpha value is -1.05. The number of rotatable bonds is 3. The van der Waals surface area contributed by atoms with Crippen LogP contribution in [0.2, 0.25) is 0 Å². The van der Waals surface area contributed by atoms with Crippen LogP contribution >= 0.6 is 12.4 Å². The lowest BCUT2D eigenvalue weighted by molar-refractivity contribution is -0.210. The molecule has 0 aromatic heterocycles. The first kappa shape index (κ1) is 16.9.